The molecule has 3 nitrogen and oxygen atoms in total. The summed E-state index contributed by atoms with van der Waals surface area (Å²) in [5.74, 6) is 0.641. The average molecular weight is 263 g/mol. The molecule has 0 saturated heterocycles. The van der Waals surface area contributed by atoms with E-state index in [0.717, 1.165) is 13.0 Å². The lowest BCUT2D eigenvalue weighted by Gasteiger charge is -2.18. The van der Waals surface area contributed by atoms with Crippen molar-refractivity contribution in [1.82, 2.24) is 5.32 Å². The molecule has 0 aliphatic rings. The summed E-state index contributed by atoms with van der Waals surface area (Å²) in [5, 5.41) is 13.6. The monoisotopic (exact) mass is 263 g/mol. The van der Waals surface area contributed by atoms with Gasteiger partial charge in [-0.3, -0.25) is 0 Å². The molecule has 0 saturated carbocycles. The Hall–Kier alpha value is 0.230. The number of nitrogens with one attached hydrogen (secondary N) is 1. The van der Waals surface area contributed by atoms with Crippen molar-refractivity contribution in [2.45, 2.75) is 51.6 Å². The van der Waals surface area contributed by atoms with Gasteiger partial charge in [-0.1, -0.05) is 20.8 Å². The SMILES string of the molecule is CSC(C)CNCC(O)COC(C)CC(C)C. The van der Waals surface area contributed by atoms with Gasteiger partial charge in [0.15, 0.2) is 0 Å². The molecule has 0 spiro atoms. The molecule has 0 aromatic rings. The van der Waals surface area contributed by atoms with E-state index >= 15 is 0 Å². The Bertz CT molecular complexity index is 179. The summed E-state index contributed by atoms with van der Waals surface area (Å²) in [6.07, 6.45) is 2.97. The van der Waals surface area contributed by atoms with Crippen LogP contribution >= 0.6 is 11.8 Å². The molecule has 0 aliphatic heterocycles. The lowest BCUT2D eigenvalue weighted by Crippen LogP contribution is -2.34. The third-order valence-corrected chi connectivity index (χ3v) is 3.56. The fraction of sp³-hybridized carbons (Fsp3) is 1.00. The summed E-state index contributed by atoms with van der Waals surface area (Å²) in [6, 6.07) is 0. The normalized spacial score (nSPS) is 17.1. The van der Waals surface area contributed by atoms with Crippen molar-refractivity contribution in [1.29, 1.82) is 0 Å². The van der Waals surface area contributed by atoms with Gasteiger partial charge in [0.25, 0.3) is 0 Å². The molecule has 0 aromatic heterocycles. The Morgan fingerprint density at radius 1 is 1.18 bits per heavy atom. The maximum Gasteiger partial charge on any atom is 0.0897 e. The highest BCUT2D eigenvalue weighted by atomic mass is 32.2. The van der Waals surface area contributed by atoms with Crippen molar-refractivity contribution in [2.75, 3.05) is 26.0 Å². The standard InChI is InChI=1S/C13H29NO2S/c1-10(2)6-11(3)16-9-13(15)8-14-7-12(4)17-5/h10-15H,6-9H2,1-5H3. The van der Waals surface area contributed by atoms with Crippen LogP contribution in [0.5, 0.6) is 0 Å². The average Bonchev–Trinajstić information content (AvgIpc) is 2.25. The van der Waals surface area contributed by atoms with Crippen LogP contribution in [0.4, 0.5) is 0 Å². The van der Waals surface area contributed by atoms with Crippen LogP contribution in [0.25, 0.3) is 0 Å². The second-order valence-electron chi connectivity index (χ2n) is 5.13. The lowest BCUT2D eigenvalue weighted by molar-refractivity contribution is -0.00838. The third kappa shape index (κ3) is 11.1. The van der Waals surface area contributed by atoms with E-state index in [-0.39, 0.29) is 6.10 Å². The van der Waals surface area contributed by atoms with E-state index in [2.05, 4.69) is 39.3 Å². The molecule has 0 heterocycles. The lowest BCUT2D eigenvalue weighted by atomic mass is 10.1. The van der Waals surface area contributed by atoms with Gasteiger partial charge in [0, 0.05) is 18.3 Å². The van der Waals surface area contributed by atoms with Crippen molar-refractivity contribution in [3.05, 3.63) is 0 Å². The largest absolute Gasteiger partial charge is 0.389 e. The van der Waals surface area contributed by atoms with E-state index in [1.807, 2.05) is 11.8 Å². The predicted molar refractivity (Wildman–Crippen MR) is 76.7 cm³/mol. The van der Waals surface area contributed by atoms with Gasteiger partial charge in [0.05, 0.1) is 18.8 Å². The number of hydrogen-bond acceptors (Lipinski definition) is 4. The molecule has 0 amide bonds. The highest BCUT2D eigenvalue weighted by molar-refractivity contribution is 7.99. The van der Waals surface area contributed by atoms with Crippen molar-refractivity contribution in [3.8, 4) is 0 Å². The van der Waals surface area contributed by atoms with Gasteiger partial charge in [0.2, 0.25) is 0 Å². The fourth-order valence-corrected chi connectivity index (χ4v) is 1.89. The van der Waals surface area contributed by atoms with Crippen LogP contribution in [0, 0.1) is 5.92 Å². The topological polar surface area (TPSA) is 41.5 Å². The number of aliphatic hydroxyl groups excluding tert-OH is 1. The Morgan fingerprint density at radius 3 is 2.35 bits per heavy atom. The first kappa shape index (κ1) is 17.2. The van der Waals surface area contributed by atoms with Crippen LogP contribution in [-0.4, -0.2) is 48.5 Å². The third-order valence-electron chi connectivity index (χ3n) is 2.59. The van der Waals surface area contributed by atoms with Gasteiger partial charge in [-0.2, -0.15) is 11.8 Å². The maximum atomic E-state index is 9.72. The highest BCUT2D eigenvalue weighted by Gasteiger charge is 2.09. The van der Waals surface area contributed by atoms with E-state index in [4.69, 9.17) is 4.74 Å². The Morgan fingerprint density at radius 2 is 1.82 bits per heavy atom. The molecule has 2 N–H and O–H groups in total. The van der Waals surface area contributed by atoms with Crippen LogP contribution < -0.4 is 5.32 Å². The van der Waals surface area contributed by atoms with Crippen LogP contribution in [-0.2, 0) is 4.74 Å². The number of thioether (sulfide) groups is 1. The molecule has 104 valence electrons. The maximum absolute atomic E-state index is 9.72. The Labute approximate surface area is 111 Å². The molecule has 0 rings (SSSR count). The molecule has 0 bridgehead atoms. The van der Waals surface area contributed by atoms with Crippen LogP contribution in [0.15, 0.2) is 0 Å². The molecule has 3 unspecified atom stereocenters. The first-order valence-corrected chi connectivity index (χ1v) is 7.77. The van der Waals surface area contributed by atoms with Gasteiger partial charge < -0.3 is 15.2 Å². The summed E-state index contributed by atoms with van der Waals surface area (Å²) in [6.45, 7) is 10.6. The van der Waals surface area contributed by atoms with E-state index in [1.165, 1.54) is 0 Å². The summed E-state index contributed by atoms with van der Waals surface area (Å²) in [7, 11) is 0. The van der Waals surface area contributed by atoms with Crippen LogP contribution in [0.3, 0.4) is 0 Å². The van der Waals surface area contributed by atoms with Gasteiger partial charge in [-0.05, 0) is 25.5 Å². The quantitative estimate of drug-likeness (QED) is 0.634. The van der Waals surface area contributed by atoms with Crippen LogP contribution in [0.1, 0.15) is 34.1 Å². The smallest absolute Gasteiger partial charge is 0.0897 e. The zero-order chi connectivity index (χ0) is 13.3. The first-order valence-electron chi connectivity index (χ1n) is 6.48. The molecule has 0 radical (unpaired) electrons. The second kappa shape index (κ2) is 10.2. The first-order chi connectivity index (χ1) is 7.95. The number of aliphatic hydroxyl groups is 1. The molecule has 17 heavy (non-hydrogen) atoms. The number of rotatable bonds is 10. The second-order valence-corrected chi connectivity index (χ2v) is 6.41. The predicted octanol–water partition coefficient (Wildman–Crippen LogP) is 2.14. The zero-order valence-electron chi connectivity index (χ0n) is 11.9. The van der Waals surface area contributed by atoms with E-state index in [0.29, 0.717) is 24.3 Å². The zero-order valence-corrected chi connectivity index (χ0v) is 12.7. The molecule has 4 heteroatoms. The van der Waals surface area contributed by atoms with Gasteiger partial charge >= 0.3 is 0 Å². The summed E-state index contributed by atoms with van der Waals surface area (Å²) in [5.41, 5.74) is 0. The molecule has 3 atom stereocenters. The molecular formula is C13H29NO2S. The fourth-order valence-electron chi connectivity index (χ4n) is 1.60. The van der Waals surface area contributed by atoms with E-state index < -0.39 is 6.10 Å². The van der Waals surface area contributed by atoms with Crippen molar-refractivity contribution in [2.24, 2.45) is 5.92 Å². The highest BCUT2D eigenvalue weighted by Crippen LogP contribution is 2.07. The number of hydrogen-bond donors (Lipinski definition) is 2. The summed E-state index contributed by atoms with van der Waals surface area (Å²) >= 11 is 1.83. The minimum atomic E-state index is -0.404. The van der Waals surface area contributed by atoms with Gasteiger partial charge in [-0.15, -0.1) is 0 Å². The summed E-state index contributed by atoms with van der Waals surface area (Å²) < 4.78 is 5.60. The minimum Gasteiger partial charge on any atom is -0.389 e. The molecule has 0 aromatic carbocycles. The van der Waals surface area contributed by atoms with Crippen LogP contribution in [0.2, 0.25) is 0 Å². The van der Waals surface area contributed by atoms with E-state index in [9.17, 15) is 5.11 Å². The Balaban J connectivity index is 3.48. The summed E-state index contributed by atoms with van der Waals surface area (Å²) in [4.78, 5) is 0. The van der Waals surface area contributed by atoms with Crippen molar-refractivity contribution in [3.63, 3.8) is 0 Å². The Kier molecular flexibility index (Phi) is 10.3. The number of ether oxygens (including phenoxy) is 1. The molecular weight excluding hydrogens is 234 g/mol. The minimum absolute atomic E-state index is 0.231. The molecule has 0 aliphatic carbocycles. The van der Waals surface area contributed by atoms with E-state index in [1.54, 1.807) is 0 Å². The van der Waals surface area contributed by atoms with Crippen molar-refractivity contribution >= 4 is 11.8 Å². The van der Waals surface area contributed by atoms with Crippen molar-refractivity contribution < 1.29 is 9.84 Å². The van der Waals surface area contributed by atoms with Gasteiger partial charge in [0.1, 0.15) is 0 Å². The molecule has 0 fully saturated rings. The van der Waals surface area contributed by atoms with Gasteiger partial charge in [-0.25, -0.2) is 0 Å².